The minimum atomic E-state index is -0.839. The number of fused-ring (bicyclic) bond motifs is 2. The summed E-state index contributed by atoms with van der Waals surface area (Å²) in [6.07, 6.45) is 13.5. The Morgan fingerprint density at radius 1 is 1.18 bits per heavy atom. The van der Waals surface area contributed by atoms with Crippen LogP contribution in [0.1, 0.15) is 36.1 Å². The van der Waals surface area contributed by atoms with E-state index in [9.17, 15) is 4.39 Å². The number of hydrazone groups is 1. The minimum absolute atomic E-state index is 0.209. The van der Waals surface area contributed by atoms with Crippen LogP contribution in [0.5, 0.6) is 0 Å². The first-order chi connectivity index (χ1) is 18.5. The zero-order valence-corrected chi connectivity index (χ0v) is 21.5. The Bertz CT molecular complexity index is 1690. The summed E-state index contributed by atoms with van der Waals surface area (Å²) in [5.41, 5.74) is 5.67. The van der Waals surface area contributed by atoms with Gasteiger partial charge in [0.1, 0.15) is 17.0 Å². The molecule has 0 aliphatic heterocycles. The molecule has 10 heteroatoms. The monoisotopic (exact) mass is 526 g/mol. The van der Waals surface area contributed by atoms with Gasteiger partial charge in [-0.2, -0.15) is 5.10 Å². The number of nitrogens with zero attached hydrogens (tertiary/aromatic N) is 6. The fourth-order valence-electron chi connectivity index (χ4n) is 5.98. The normalized spacial score (nSPS) is 22.8. The van der Waals surface area contributed by atoms with Gasteiger partial charge in [-0.25, -0.2) is 9.37 Å². The van der Waals surface area contributed by atoms with Gasteiger partial charge in [-0.15, -0.1) is 11.3 Å². The van der Waals surface area contributed by atoms with E-state index < -0.39 is 5.67 Å². The van der Waals surface area contributed by atoms with E-state index in [1.807, 2.05) is 35.1 Å². The summed E-state index contributed by atoms with van der Waals surface area (Å²) >= 11 is 1.71. The van der Waals surface area contributed by atoms with Crippen LogP contribution in [0.4, 0.5) is 4.39 Å². The fourth-order valence-corrected chi connectivity index (χ4v) is 6.75. The van der Waals surface area contributed by atoms with Gasteiger partial charge >= 0.3 is 0 Å². The largest absolute Gasteiger partial charge is 0.323 e. The van der Waals surface area contributed by atoms with Crippen molar-refractivity contribution in [3.63, 3.8) is 0 Å². The number of nitrogens with one attached hydrogen (secondary N) is 1. The molecule has 0 atom stereocenters. The van der Waals surface area contributed by atoms with Gasteiger partial charge in [0.15, 0.2) is 0 Å². The number of thiophene rings is 1. The molecule has 3 aliphatic carbocycles. The van der Waals surface area contributed by atoms with Gasteiger partial charge in [0, 0.05) is 49.7 Å². The van der Waals surface area contributed by atoms with Crippen molar-refractivity contribution in [3.05, 3.63) is 83.5 Å². The number of alkyl halides is 1. The van der Waals surface area contributed by atoms with Crippen LogP contribution < -0.4 is 11.2 Å². The molecule has 0 unspecified atom stereocenters. The van der Waals surface area contributed by atoms with Crippen LogP contribution in [-0.2, 0) is 13.1 Å². The van der Waals surface area contributed by atoms with Crippen molar-refractivity contribution in [2.75, 3.05) is 6.54 Å². The average Bonchev–Trinajstić information content (AvgIpc) is 3.60. The maximum absolute atomic E-state index is 13.7. The standard InChI is InChI=1S/C28H27FN8S/c29-28-15-27(16-28,17-28)18-33-8-19-1-2-26-34-21(14-36(26)13-19)10-32-12-23(35-30)20-7-22(11-31-9-20)37-5-3-25-24(37)4-6-38-25/h1-7,9,11-14,33H,8,10,15-18,30H2. The first kappa shape index (κ1) is 23.2. The van der Waals surface area contributed by atoms with Gasteiger partial charge < -0.3 is 20.1 Å². The van der Waals surface area contributed by atoms with Crippen molar-refractivity contribution in [3.8, 4) is 5.69 Å². The van der Waals surface area contributed by atoms with E-state index in [4.69, 9.17) is 5.84 Å². The van der Waals surface area contributed by atoms with Crippen LogP contribution >= 0.6 is 11.3 Å². The number of nitrogens with two attached hydrogens (primary N) is 1. The minimum Gasteiger partial charge on any atom is -0.323 e. The van der Waals surface area contributed by atoms with Crippen molar-refractivity contribution in [2.24, 2.45) is 21.4 Å². The van der Waals surface area contributed by atoms with Crippen LogP contribution in [0.2, 0.25) is 0 Å². The lowest BCUT2D eigenvalue weighted by molar-refractivity contribution is -0.209. The summed E-state index contributed by atoms with van der Waals surface area (Å²) in [6.45, 7) is 2.04. The molecule has 0 radical (unpaired) electrons. The summed E-state index contributed by atoms with van der Waals surface area (Å²) < 4.78 is 19.1. The topological polar surface area (TPSA) is 97.9 Å². The molecule has 0 aromatic carbocycles. The van der Waals surface area contributed by atoms with E-state index in [-0.39, 0.29) is 5.41 Å². The highest BCUT2D eigenvalue weighted by molar-refractivity contribution is 7.17. The number of aliphatic imine (C=N–C) groups is 1. The second-order valence-corrected chi connectivity index (χ2v) is 11.5. The highest BCUT2D eigenvalue weighted by atomic mass is 32.1. The molecule has 0 amide bonds. The van der Waals surface area contributed by atoms with E-state index >= 15 is 0 Å². The number of halogens is 1. The first-order valence-electron chi connectivity index (χ1n) is 12.7. The van der Waals surface area contributed by atoms with E-state index in [1.165, 1.54) is 10.3 Å². The summed E-state index contributed by atoms with van der Waals surface area (Å²) in [6, 6.07) is 10.3. The van der Waals surface area contributed by atoms with E-state index in [0.29, 0.717) is 12.3 Å². The molecule has 2 bridgehead atoms. The van der Waals surface area contributed by atoms with Crippen LogP contribution in [0.25, 0.3) is 21.6 Å². The molecule has 3 fully saturated rings. The highest BCUT2D eigenvalue weighted by Crippen LogP contribution is 2.69. The Labute approximate surface area is 222 Å². The Balaban J connectivity index is 1.00. The van der Waals surface area contributed by atoms with Gasteiger partial charge in [-0.1, -0.05) is 6.07 Å². The molecule has 8 rings (SSSR count). The number of hydrogen-bond donors (Lipinski definition) is 2. The first-order valence-corrected chi connectivity index (χ1v) is 13.5. The predicted octanol–water partition coefficient (Wildman–Crippen LogP) is 4.65. The Kier molecular flexibility index (Phi) is 5.41. The number of imidazole rings is 1. The lowest BCUT2D eigenvalue weighted by atomic mass is 9.42. The van der Waals surface area contributed by atoms with Gasteiger partial charge in [-0.3, -0.25) is 9.98 Å². The number of aromatic nitrogens is 4. The number of pyridine rings is 2. The second kappa shape index (κ2) is 8.85. The Hall–Kier alpha value is -3.89. The quantitative estimate of drug-likeness (QED) is 0.166. The summed E-state index contributed by atoms with van der Waals surface area (Å²) in [5.74, 6) is 5.71. The summed E-state index contributed by atoms with van der Waals surface area (Å²) in [7, 11) is 0. The molecule has 3 aliphatic rings. The molecule has 5 aromatic rings. The predicted molar refractivity (Wildman–Crippen MR) is 149 cm³/mol. The van der Waals surface area contributed by atoms with E-state index in [2.05, 4.69) is 59.7 Å². The molecule has 38 heavy (non-hydrogen) atoms. The molecule has 0 saturated heterocycles. The van der Waals surface area contributed by atoms with Crippen molar-refractivity contribution in [1.29, 1.82) is 0 Å². The SMILES string of the molecule is NN=C(C=NCc1cn2cc(CNCC34CC(F)(C3)C4)ccc2n1)c1cncc(-n2ccc3sccc32)c1. The Morgan fingerprint density at radius 2 is 2.08 bits per heavy atom. The lowest BCUT2D eigenvalue weighted by Gasteiger charge is -2.66. The maximum Gasteiger partial charge on any atom is 0.137 e. The van der Waals surface area contributed by atoms with Crippen LogP contribution in [0.15, 0.2) is 76.8 Å². The van der Waals surface area contributed by atoms with Crippen molar-refractivity contribution in [2.45, 2.75) is 38.0 Å². The molecule has 8 nitrogen and oxygen atoms in total. The molecule has 192 valence electrons. The summed E-state index contributed by atoms with van der Waals surface area (Å²) in [5, 5.41) is 9.53. The van der Waals surface area contributed by atoms with Crippen LogP contribution in [0.3, 0.4) is 0 Å². The molecule has 3 N–H and O–H groups in total. The van der Waals surface area contributed by atoms with Crippen molar-refractivity contribution in [1.82, 2.24) is 24.3 Å². The molecule has 5 heterocycles. The number of rotatable bonds is 9. The lowest BCUT2D eigenvalue weighted by Crippen LogP contribution is -2.67. The van der Waals surface area contributed by atoms with Gasteiger partial charge in [0.2, 0.25) is 0 Å². The smallest absolute Gasteiger partial charge is 0.137 e. The number of hydrogen-bond acceptors (Lipinski definition) is 7. The molecular formula is C28H27FN8S. The maximum atomic E-state index is 13.7. The second-order valence-electron chi connectivity index (χ2n) is 10.6. The van der Waals surface area contributed by atoms with E-state index in [0.717, 1.165) is 60.5 Å². The molecule has 3 saturated carbocycles. The third kappa shape index (κ3) is 4.10. The van der Waals surface area contributed by atoms with E-state index in [1.54, 1.807) is 23.7 Å². The summed E-state index contributed by atoms with van der Waals surface area (Å²) in [4.78, 5) is 13.6. The molecule has 0 spiro atoms. The van der Waals surface area contributed by atoms with Crippen molar-refractivity contribution >= 4 is 39.1 Å². The fraction of sp³-hybridized carbons (Fsp3) is 0.286. The molecular weight excluding hydrogens is 499 g/mol. The zero-order valence-electron chi connectivity index (χ0n) is 20.7. The van der Waals surface area contributed by atoms with Gasteiger partial charge in [0.25, 0.3) is 0 Å². The van der Waals surface area contributed by atoms with Gasteiger partial charge in [-0.05, 0) is 59.9 Å². The van der Waals surface area contributed by atoms with Crippen LogP contribution in [-0.4, -0.2) is 43.1 Å². The third-order valence-corrected chi connectivity index (χ3v) is 8.55. The van der Waals surface area contributed by atoms with Crippen LogP contribution in [0, 0.1) is 5.41 Å². The molecule has 5 aromatic heterocycles. The Morgan fingerprint density at radius 3 is 2.92 bits per heavy atom. The average molecular weight is 527 g/mol. The zero-order chi connectivity index (χ0) is 25.7. The third-order valence-electron chi connectivity index (χ3n) is 7.68. The van der Waals surface area contributed by atoms with Crippen molar-refractivity contribution < 1.29 is 4.39 Å². The van der Waals surface area contributed by atoms with Gasteiger partial charge in [0.05, 0.1) is 34.3 Å². The highest BCUT2D eigenvalue weighted by Gasteiger charge is 2.68.